The van der Waals surface area contributed by atoms with Crippen molar-refractivity contribution in [2.24, 2.45) is 0 Å². The normalized spacial score (nSPS) is 12.2. The minimum absolute atomic E-state index is 0.216. The second-order valence-corrected chi connectivity index (χ2v) is 8.39. The van der Waals surface area contributed by atoms with E-state index in [9.17, 15) is 4.79 Å². The number of hydrogen-bond acceptors (Lipinski definition) is 2. The molecule has 0 saturated heterocycles. The van der Waals surface area contributed by atoms with Gasteiger partial charge in [-0.3, -0.25) is 0 Å². The summed E-state index contributed by atoms with van der Waals surface area (Å²) in [6.45, 7) is 4.80. The van der Waals surface area contributed by atoms with Gasteiger partial charge < -0.3 is 20.9 Å². The third-order valence-corrected chi connectivity index (χ3v) is 4.43. The molecule has 1 unspecified atom stereocenters. The van der Waals surface area contributed by atoms with Crippen molar-refractivity contribution >= 4 is 79.8 Å². The second kappa shape index (κ2) is 9.87. The van der Waals surface area contributed by atoms with Crippen molar-refractivity contribution in [1.82, 2.24) is 15.5 Å². The van der Waals surface area contributed by atoms with Gasteiger partial charge in [0.15, 0.2) is 11.3 Å². The summed E-state index contributed by atoms with van der Waals surface area (Å²) >= 11 is 26.4. The van der Waals surface area contributed by atoms with Crippen LogP contribution in [0.5, 0.6) is 0 Å². The molecule has 5 nitrogen and oxygen atoms in total. The van der Waals surface area contributed by atoms with Crippen molar-refractivity contribution in [1.29, 1.82) is 0 Å². The molecule has 24 heavy (non-hydrogen) atoms. The topological polar surface area (TPSA) is 56.4 Å². The van der Waals surface area contributed by atoms with Gasteiger partial charge in [0.25, 0.3) is 0 Å². The fourth-order valence-corrected chi connectivity index (χ4v) is 2.58. The van der Waals surface area contributed by atoms with E-state index in [1.165, 1.54) is 0 Å². The lowest BCUT2D eigenvalue weighted by molar-refractivity contribution is 0.198. The van der Waals surface area contributed by atoms with Crippen molar-refractivity contribution < 1.29 is 4.79 Å². The molecule has 10 heteroatoms. The summed E-state index contributed by atoms with van der Waals surface area (Å²) in [5.41, 5.74) is 0.758. The van der Waals surface area contributed by atoms with Gasteiger partial charge in [-0.15, -0.1) is 0 Å². The van der Waals surface area contributed by atoms with E-state index < -0.39 is 9.96 Å². The summed E-state index contributed by atoms with van der Waals surface area (Å²) in [6.07, 6.45) is -0.994. The van der Waals surface area contributed by atoms with E-state index in [-0.39, 0.29) is 11.1 Å². The highest BCUT2D eigenvalue weighted by molar-refractivity contribution is 9.10. The molecule has 0 aliphatic rings. The van der Waals surface area contributed by atoms with Gasteiger partial charge in [0.05, 0.1) is 0 Å². The van der Waals surface area contributed by atoms with E-state index in [2.05, 4.69) is 31.9 Å². The van der Waals surface area contributed by atoms with Crippen LogP contribution in [-0.2, 0) is 0 Å². The molecule has 0 spiro atoms. The Morgan fingerprint density at radius 1 is 1.21 bits per heavy atom. The molecular formula is C14H18BrCl3N4OS. The van der Waals surface area contributed by atoms with Crippen LogP contribution in [0.15, 0.2) is 28.7 Å². The molecule has 0 fully saturated rings. The maximum Gasteiger partial charge on any atom is 0.319 e. The van der Waals surface area contributed by atoms with Gasteiger partial charge in [-0.1, -0.05) is 50.7 Å². The Balaban J connectivity index is 2.73. The molecule has 0 aromatic heterocycles. The van der Waals surface area contributed by atoms with Crippen LogP contribution in [0, 0.1) is 0 Å². The van der Waals surface area contributed by atoms with E-state index in [0.717, 1.165) is 10.2 Å². The number of hydrogen-bond donors (Lipinski definition) is 3. The molecule has 0 radical (unpaired) electrons. The summed E-state index contributed by atoms with van der Waals surface area (Å²) < 4.78 is -0.841. The maximum atomic E-state index is 12.2. The lowest BCUT2D eigenvalue weighted by Crippen LogP contribution is -2.58. The van der Waals surface area contributed by atoms with Gasteiger partial charge in [-0.25, -0.2) is 4.79 Å². The smallest absolute Gasteiger partial charge is 0.319 e. The molecule has 1 aromatic rings. The fourth-order valence-electron chi connectivity index (χ4n) is 1.76. The number of halogens is 4. The predicted octanol–water partition coefficient (Wildman–Crippen LogP) is 4.48. The number of nitrogens with one attached hydrogen (secondary N) is 3. The number of urea groups is 1. The number of benzene rings is 1. The first-order valence-corrected chi connectivity index (χ1v) is 9.46. The maximum absolute atomic E-state index is 12.2. The van der Waals surface area contributed by atoms with Gasteiger partial charge >= 0.3 is 6.03 Å². The molecule has 0 bridgehead atoms. The van der Waals surface area contributed by atoms with Crippen LogP contribution in [0.2, 0.25) is 0 Å². The number of carbonyl (C=O) groups excluding carboxylic acids is 1. The van der Waals surface area contributed by atoms with Crippen LogP contribution in [0.25, 0.3) is 0 Å². The quantitative estimate of drug-likeness (QED) is 0.333. The molecule has 2 amide bonds. The average molecular weight is 477 g/mol. The van der Waals surface area contributed by atoms with Crippen LogP contribution in [0.1, 0.15) is 13.8 Å². The minimum Gasteiger partial charge on any atom is -0.339 e. The number of thiocarbonyl (C=S) groups is 1. The first kappa shape index (κ1) is 21.6. The van der Waals surface area contributed by atoms with Crippen molar-refractivity contribution in [3.8, 4) is 0 Å². The monoisotopic (exact) mass is 474 g/mol. The lowest BCUT2D eigenvalue weighted by atomic mass is 10.3. The van der Waals surface area contributed by atoms with E-state index in [0.29, 0.717) is 13.1 Å². The highest BCUT2D eigenvalue weighted by atomic mass is 79.9. The molecule has 3 N–H and O–H groups in total. The molecule has 0 aliphatic carbocycles. The number of nitrogens with zero attached hydrogens (tertiary/aromatic N) is 1. The third-order valence-electron chi connectivity index (χ3n) is 3.02. The number of amides is 2. The number of carbonyl (C=O) groups is 1. The fraction of sp³-hybridized carbons (Fsp3) is 0.429. The number of alkyl halides is 3. The Bertz CT molecular complexity index is 564. The van der Waals surface area contributed by atoms with Crippen molar-refractivity contribution in [2.75, 3.05) is 18.4 Å². The zero-order chi connectivity index (χ0) is 18.3. The molecule has 134 valence electrons. The molecular weight excluding hydrogens is 459 g/mol. The second-order valence-electron chi connectivity index (χ2n) is 4.70. The summed E-state index contributed by atoms with van der Waals surface area (Å²) in [5.74, 6) is 0. The Morgan fingerprint density at radius 3 is 2.21 bits per heavy atom. The average Bonchev–Trinajstić information content (AvgIpc) is 2.49. The van der Waals surface area contributed by atoms with Gasteiger partial charge in [-0.05, 0) is 50.3 Å². The number of anilines is 1. The summed E-state index contributed by atoms with van der Waals surface area (Å²) in [4.78, 5) is 13.7. The molecule has 0 heterocycles. The zero-order valence-electron chi connectivity index (χ0n) is 13.1. The van der Waals surface area contributed by atoms with Gasteiger partial charge in [0.2, 0.25) is 3.79 Å². The van der Waals surface area contributed by atoms with Crippen LogP contribution in [0.3, 0.4) is 0 Å². The molecule has 1 aromatic carbocycles. The van der Waals surface area contributed by atoms with Crippen molar-refractivity contribution in [2.45, 2.75) is 23.8 Å². The molecule has 0 saturated carbocycles. The van der Waals surface area contributed by atoms with Crippen LogP contribution >= 0.6 is 63.0 Å². The first-order chi connectivity index (χ1) is 11.2. The first-order valence-electron chi connectivity index (χ1n) is 7.12. The predicted molar refractivity (Wildman–Crippen MR) is 109 cm³/mol. The van der Waals surface area contributed by atoms with Crippen LogP contribution in [0.4, 0.5) is 10.5 Å². The zero-order valence-corrected chi connectivity index (χ0v) is 17.7. The Kier molecular flexibility index (Phi) is 8.87. The molecule has 0 aliphatic heterocycles. The van der Waals surface area contributed by atoms with Gasteiger partial charge in [0.1, 0.15) is 0 Å². The van der Waals surface area contributed by atoms with Crippen molar-refractivity contribution in [3.63, 3.8) is 0 Å². The number of rotatable bonds is 5. The third kappa shape index (κ3) is 7.19. The Morgan fingerprint density at radius 2 is 1.75 bits per heavy atom. The minimum atomic E-state index is -1.78. The highest BCUT2D eigenvalue weighted by Gasteiger charge is 2.35. The van der Waals surface area contributed by atoms with Crippen LogP contribution < -0.4 is 16.0 Å². The Hall–Kier alpha value is -0.470. The van der Waals surface area contributed by atoms with E-state index >= 15 is 0 Å². The standard InChI is InChI=1S/C14H18BrCl3N4OS/c1-3-22(4-2)13(23)21-11(14(16,17)18)20-12(24)19-10-7-5-9(15)6-8-10/h5-8,11H,3-4H2,1-2H3,(H,21,23)(H2,19,20,24). The summed E-state index contributed by atoms with van der Waals surface area (Å²) in [6, 6.07) is 7.03. The van der Waals surface area contributed by atoms with E-state index in [4.69, 9.17) is 47.0 Å². The molecule has 1 rings (SSSR count). The summed E-state index contributed by atoms with van der Waals surface area (Å²) in [7, 11) is 0. The van der Waals surface area contributed by atoms with Crippen LogP contribution in [-0.4, -0.2) is 39.1 Å². The van der Waals surface area contributed by atoms with E-state index in [1.807, 2.05) is 38.1 Å². The van der Waals surface area contributed by atoms with Gasteiger partial charge in [0, 0.05) is 23.2 Å². The van der Waals surface area contributed by atoms with Gasteiger partial charge in [-0.2, -0.15) is 0 Å². The lowest BCUT2D eigenvalue weighted by Gasteiger charge is -2.30. The largest absolute Gasteiger partial charge is 0.339 e. The Labute approximate surface area is 170 Å². The highest BCUT2D eigenvalue weighted by Crippen LogP contribution is 2.29. The van der Waals surface area contributed by atoms with Crippen molar-refractivity contribution in [3.05, 3.63) is 28.7 Å². The molecule has 1 atom stereocenters. The SMILES string of the molecule is CCN(CC)C(=O)NC(NC(=S)Nc1ccc(Br)cc1)C(Cl)(Cl)Cl. The summed E-state index contributed by atoms with van der Waals surface area (Å²) in [5, 5.41) is 8.61. The van der Waals surface area contributed by atoms with E-state index in [1.54, 1.807) is 4.90 Å².